The van der Waals surface area contributed by atoms with Gasteiger partial charge in [0.15, 0.2) is 0 Å². The highest BCUT2D eigenvalue weighted by Crippen LogP contribution is 2.23. The molecule has 1 N–H and O–H groups in total. The maximum Gasteiger partial charge on any atom is 0.253 e. The molecular weight excluding hydrogens is 366 g/mol. The molecule has 2 amide bonds. The van der Waals surface area contributed by atoms with Gasteiger partial charge in [-0.1, -0.05) is 0 Å². The zero-order chi connectivity index (χ0) is 20.6. The number of piperidine rings is 1. The predicted molar refractivity (Wildman–Crippen MR) is 114 cm³/mol. The van der Waals surface area contributed by atoms with E-state index in [0.717, 1.165) is 43.7 Å². The fraction of sp³-hybridized carbons (Fsp3) is 0.652. The summed E-state index contributed by atoms with van der Waals surface area (Å²) in [4.78, 5) is 29.6. The minimum Gasteiger partial charge on any atom is -0.494 e. The van der Waals surface area contributed by atoms with Crippen molar-refractivity contribution in [2.45, 2.75) is 46.0 Å². The Bertz CT molecular complexity index is 693. The molecule has 2 aliphatic rings. The number of nitrogens with zero attached hydrogens (tertiary/aromatic N) is 2. The lowest BCUT2D eigenvalue weighted by atomic mass is 9.95. The van der Waals surface area contributed by atoms with E-state index in [9.17, 15) is 9.59 Å². The van der Waals surface area contributed by atoms with Crippen LogP contribution in [-0.2, 0) is 4.79 Å². The second-order valence-corrected chi connectivity index (χ2v) is 8.17. The van der Waals surface area contributed by atoms with Crippen molar-refractivity contribution in [3.63, 3.8) is 0 Å². The third kappa shape index (κ3) is 5.95. The number of carbonyl (C=O) groups is 2. The number of amides is 2. The molecule has 0 spiro atoms. The van der Waals surface area contributed by atoms with E-state index in [0.29, 0.717) is 25.3 Å². The average molecular weight is 402 g/mol. The van der Waals surface area contributed by atoms with Gasteiger partial charge in [-0.15, -0.1) is 0 Å². The number of aryl methyl sites for hydroxylation is 1. The van der Waals surface area contributed by atoms with E-state index in [1.54, 1.807) is 0 Å². The summed E-state index contributed by atoms with van der Waals surface area (Å²) in [5, 5.41) is 3.09. The highest BCUT2D eigenvalue weighted by atomic mass is 16.5. The summed E-state index contributed by atoms with van der Waals surface area (Å²) < 4.78 is 5.55. The van der Waals surface area contributed by atoms with Crippen molar-refractivity contribution >= 4 is 11.8 Å². The second-order valence-electron chi connectivity index (χ2n) is 8.17. The van der Waals surface area contributed by atoms with Crippen LogP contribution < -0.4 is 10.1 Å². The Hall–Kier alpha value is -2.08. The molecule has 160 valence electrons. The largest absolute Gasteiger partial charge is 0.494 e. The lowest BCUT2D eigenvalue weighted by molar-refractivity contribution is -0.126. The van der Waals surface area contributed by atoms with Gasteiger partial charge in [0.2, 0.25) is 5.91 Å². The molecular formula is C23H35N3O3. The van der Waals surface area contributed by atoms with Gasteiger partial charge in [-0.25, -0.2) is 0 Å². The zero-order valence-corrected chi connectivity index (χ0v) is 17.9. The Kier molecular flexibility index (Phi) is 7.92. The number of benzene rings is 1. The lowest BCUT2D eigenvalue weighted by Crippen LogP contribution is -2.43. The summed E-state index contributed by atoms with van der Waals surface area (Å²) in [5.74, 6) is 1.04. The van der Waals surface area contributed by atoms with Gasteiger partial charge in [-0.2, -0.15) is 0 Å². The molecule has 2 fully saturated rings. The van der Waals surface area contributed by atoms with Crippen molar-refractivity contribution < 1.29 is 14.3 Å². The van der Waals surface area contributed by atoms with E-state index < -0.39 is 0 Å². The van der Waals surface area contributed by atoms with Crippen molar-refractivity contribution in [1.29, 1.82) is 0 Å². The van der Waals surface area contributed by atoms with Gasteiger partial charge in [-0.3, -0.25) is 9.59 Å². The molecule has 29 heavy (non-hydrogen) atoms. The van der Waals surface area contributed by atoms with Crippen LogP contribution in [0.2, 0.25) is 0 Å². The molecule has 1 aromatic rings. The maximum atomic E-state index is 12.8. The van der Waals surface area contributed by atoms with Gasteiger partial charge in [0.05, 0.1) is 6.61 Å². The Labute approximate surface area is 174 Å². The molecule has 0 unspecified atom stereocenters. The first kappa shape index (κ1) is 21.6. The van der Waals surface area contributed by atoms with E-state index in [1.807, 2.05) is 36.9 Å². The molecule has 0 aromatic heterocycles. The number of likely N-dealkylation sites (tertiary alicyclic amines) is 2. The van der Waals surface area contributed by atoms with Crippen LogP contribution in [0.3, 0.4) is 0 Å². The fourth-order valence-corrected chi connectivity index (χ4v) is 4.29. The van der Waals surface area contributed by atoms with Crippen molar-refractivity contribution in [2.24, 2.45) is 5.92 Å². The standard InChI is InChI=1S/C23H35N3O3/c1-3-29-21-8-7-20(17-18(21)2)23(28)26-15-9-19(10-16-26)22(27)24-11-6-14-25-12-4-5-13-25/h7-8,17,19H,3-6,9-16H2,1-2H3,(H,24,27). The summed E-state index contributed by atoms with van der Waals surface area (Å²) in [5.41, 5.74) is 1.66. The first-order chi connectivity index (χ1) is 14.1. The summed E-state index contributed by atoms with van der Waals surface area (Å²) in [6.07, 6.45) is 5.10. The molecule has 0 radical (unpaired) electrons. The molecule has 0 saturated carbocycles. The van der Waals surface area contributed by atoms with Crippen molar-refractivity contribution in [3.05, 3.63) is 29.3 Å². The minimum atomic E-state index is 0.0212. The van der Waals surface area contributed by atoms with Gasteiger partial charge in [0, 0.05) is 31.1 Å². The Balaban J connectivity index is 1.40. The SMILES string of the molecule is CCOc1ccc(C(=O)N2CCC(C(=O)NCCCN3CCCC3)CC2)cc1C. The number of hydrogen-bond donors (Lipinski definition) is 1. The molecule has 2 aliphatic heterocycles. The molecule has 2 heterocycles. The summed E-state index contributed by atoms with van der Waals surface area (Å²) >= 11 is 0. The van der Waals surface area contributed by atoms with E-state index in [2.05, 4.69) is 10.2 Å². The predicted octanol–water partition coefficient (Wildman–Crippen LogP) is 2.85. The lowest BCUT2D eigenvalue weighted by Gasteiger charge is -2.31. The summed E-state index contributed by atoms with van der Waals surface area (Å²) in [7, 11) is 0. The van der Waals surface area contributed by atoms with E-state index >= 15 is 0 Å². The first-order valence-electron chi connectivity index (χ1n) is 11.1. The number of nitrogens with one attached hydrogen (secondary N) is 1. The number of carbonyl (C=O) groups excluding carboxylic acids is 2. The highest BCUT2D eigenvalue weighted by Gasteiger charge is 2.27. The van der Waals surface area contributed by atoms with Crippen LogP contribution in [0, 0.1) is 12.8 Å². The molecule has 6 nitrogen and oxygen atoms in total. The van der Waals surface area contributed by atoms with Crippen LogP contribution in [0.5, 0.6) is 5.75 Å². The highest BCUT2D eigenvalue weighted by molar-refractivity contribution is 5.94. The van der Waals surface area contributed by atoms with Crippen LogP contribution in [0.1, 0.15) is 54.9 Å². The molecule has 3 rings (SSSR count). The molecule has 0 aliphatic carbocycles. The summed E-state index contributed by atoms with van der Waals surface area (Å²) in [6, 6.07) is 5.60. The normalized spacial score (nSPS) is 18.1. The molecule has 6 heteroatoms. The van der Waals surface area contributed by atoms with Gasteiger partial charge >= 0.3 is 0 Å². The van der Waals surface area contributed by atoms with Gasteiger partial charge < -0.3 is 19.9 Å². The third-order valence-electron chi connectivity index (χ3n) is 6.02. The Morgan fingerprint density at radius 3 is 2.52 bits per heavy atom. The molecule has 0 atom stereocenters. The number of ether oxygens (including phenoxy) is 1. The fourth-order valence-electron chi connectivity index (χ4n) is 4.29. The number of hydrogen-bond acceptors (Lipinski definition) is 4. The summed E-state index contributed by atoms with van der Waals surface area (Å²) in [6.45, 7) is 10.0. The van der Waals surface area contributed by atoms with Crippen molar-refractivity contribution in [2.75, 3.05) is 45.9 Å². The quantitative estimate of drug-likeness (QED) is 0.681. The average Bonchev–Trinajstić information content (AvgIpc) is 3.26. The van der Waals surface area contributed by atoms with Crippen LogP contribution >= 0.6 is 0 Å². The van der Waals surface area contributed by atoms with Gasteiger partial charge in [0.1, 0.15) is 5.75 Å². The molecule has 1 aromatic carbocycles. The smallest absolute Gasteiger partial charge is 0.253 e. The topological polar surface area (TPSA) is 61.9 Å². The Morgan fingerprint density at radius 2 is 1.86 bits per heavy atom. The minimum absolute atomic E-state index is 0.0212. The number of rotatable bonds is 8. The van der Waals surface area contributed by atoms with Gasteiger partial charge in [0.25, 0.3) is 5.91 Å². The van der Waals surface area contributed by atoms with Crippen LogP contribution in [0.25, 0.3) is 0 Å². The van der Waals surface area contributed by atoms with E-state index in [4.69, 9.17) is 4.74 Å². The van der Waals surface area contributed by atoms with E-state index in [-0.39, 0.29) is 17.7 Å². The van der Waals surface area contributed by atoms with Crippen LogP contribution in [0.15, 0.2) is 18.2 Å². The van der Waals surface area contributed by atoms with E-state index in [1.165, 1.54) is 25.9 Å². The zero-order valence-electron chi connectivity index (χ0n) is 17.9. The van der Waals surface area contributed by atoms with Crippen molar-refractivity contribution in [3.8, 4) is 5.75 Å². The third-order valence-corrected chi connectivity index (χ3v) is 6.02. The maximum absolute atomic E-state index is 12.8. The monoisotopic (exact) mass is 401 g/mol. The molecule has 0 bridgehead atoms. The Morgan fingerprint density at radius 1 is 1.14 bits per heavy atom. The van der Waals surface area contributed by atoms with Crippen molar-refractivity contribution in [1.82, 2.24) is 15.1 Å². The molecule has 2 saturated heterocycles. The second kappa shape index (κ2) is 10.6. The first-order valence-corrected chi connectivity index (χ1v) is 11.1. The van der Waals surface area contributed by atoms with Crippen LogP contribution in [0.4, 0.5) is 0 Å². The van der Waals surface area contributed by atoms with Crippen LogP contribution in [-0.4, -0.2) is 67.5 Å². The van der Waals surface area contributed by atoms with Gasteiger partial charge in [-0.05, 0) is 89.3 Å².